The Labute approximate surface area is 170 Å². The van der Waals surface area contributed by atoms with Gasteiger partial charge in [-0.3, -0.25) is 4.79 Å². The third kappa shape index (κ3) is 5.24. The third-order valence-corrected chi connectivity index (χ3v) is 3.81. The monoisotopic (exact) mass is 459 g/mol. The summed E-state index contributed by atoms with van der Waals surface area (Å²) in [6.07, 6.45) is -11.2. The Balaban J connectivity index is 4.00. The smallest absolute Gasteiger partial charge is 0.491 e. The summed E-state index contributed by atoms with van der Waals surface area (Å²) >= 11 is 0. The number of alkyl halides is 6. The molecule has 0 aliphatic heterocycles. The zero-order chi connectivity index (χ0) is 24.5. The van der Waals surface area contributed by atoms with Crippen LogP contribution >= 0.6 is 0 Å². The molecule has 14 heteroatoms. The van der Waals surface area contributed by atoms with Crippen LogP contribution in [0.1, 0.15) is 46.0 Å². The predicted molar refractivity (Wildman–Crippen MR) is 88.9 cm³/mol. The van der Waals surface area contributed by atoms with Gasteiger partial charge in [-0.2, -0.15) is 26.3 Å². The van der Waals surface area contributed by atoms with Crippen molar-refractivity contribution in [1.82, 2.24) is 4.57 Å². The van der Waals surface area contributed by atoms with Crippen LogP contribution < -0.4 is 0 Å². The van der Waals surface area contributed by atoms with E-state index in [-0.39, 0.29) is 0 Å². The molecular weight excluding hydrogens is 444 g/mol. The van der Waals surface area contributed by atoms with E-state index in [1.165, 1.54) is 6.92 Å². The van der Waals surface area contributed by atoms with Gasteiger partial charge in [-0.15, -0.1) is 0 Å². The molecule has 0 fully saturated rings. The van der Waals surface area contributed by atoms with Gasteiger partial charge in [0.25, 0.3) is 0 Å². The third-order valence-electron chi connectivity index (χ3n) is 3.81. The molecule has 0 aliphatic carbocycles. The van der Waals surface area contributed by atoms with E-state index in [4.69, 9.17) is 0 Å². The Morgan fingerprint density at radius 3 is 1.90 bits per heavy atom. The topological polar surface area (TPSA) is 112 Å². The van der Waals surface area contributed by atoms with Crippen LogP contribution in [0.15, 0.2) is 5.76 Å². The highest BCUT2D eigenvalue weighted by Gasteiger charge is 2.46. The first kappa shape index (κ1) is 25.7. The molecule has 1 N–H and O–H groups in total. The van der Waals surface area contributed by atoms with Gasteiger partial charge in [0, 0.05) is 14.0 Å². The van der Waals surface area contributed by atoms with E-state index < -0.39 is 76.5 Å². The molecule has 172 valence electrons. The SMILES string of the molecule is CCOC(=O)/C(=C(/O)C(F)(F)F)c1c(C(=O)OC(=O)C(F)(F)F)c(C)c(C(C)=O)n1C. The van der Waals surface area contributed by atoms with Gasteiger partial charge >= 0.3 is 30.3 Å². The van der Waals surface area contributed by atoms with Gasteiger partial charge in [0.1, 0.15) is 5.57 Å². The van der Waals surface area contributed by atoms with Crippen molar-refractivity contribution < 1.29 is 60.1 Å². The molecule has 0 atom stereocenters. The number of esters is 3. The minimum Gasteiger partial charge on any atom is -0.504 e. The van der Waals surface area contributed by atoms with Gasteiger partial charge in [0.2, 0.25) is 5.76 Å². The number of nitrogens with zero attached hydrogens (tertiary/aromatic N) is 1. The molecule has 31 heavy (non-hydrogen) atoms. The van der Waals surface area contributed by atoms with Gasteiger partial charge in [0.15, 0.2) is 5.78 Å². The minimum atomic E-state index is -5.63. The number of allylic oxidation sites excluding steroid dienone is 1. The van der Waals surface area contributed by atoms with E-state index in [1.54, 1.807) is 0 Å². The van der Waals surface area contributed by atoms with Crippen molar-refractivity contribution in [3.05, 3.63) is 28.3 Å². The number of rotatable bonds is 5. The highest BCUT2D eigenvalue weighted by atomic mass is 19.4. The molecule has 1 heterocycles. The molecule has 0 aromatic carbocycles. The summed E-state index contributed by atoms with van der Waals surface area (Å²) in [5.41, 5.74) is -4.95. The lowest BCUT2D eigenvalue weighted by Crippen LogP contribution is -2.29. The lowest BCUT2D eigenvalue weighted by Gasteiger charge is -2.15. The van der Waals surface area contributed by atoms with Crippen LogP contribution in [0.5, 0.6) is 0 Å². The molecule has 0 amide bonds. The maximum Gasteiger partial charge on any atom is 0.491 e. The Hall–Kier alpha value is -3.32. The number of hydrogen-bond donors (Lipinski definition) is 1. The van der Waals surface area contributed by atoms with Crippen molar-refractivity contribution in [2.45, 2.75) is 33.1 Å². The highest BCUT2D eigenvalue weighted by molar-refractivity contribution is 6.20. The number of carbonyl (C=O) groups excluding carboxylic acids is 4. The number of aliphatic hydroxyl groups excluding tert-OH is 1. The van der Waals surface area contributed by atoms with Gasteiger partial charge in [-0.05, 0) is 19.4 Å². The molecule has 8 nitrogen and oxygen atoms in total. The highest BCUT2D eigenvalue weighted by Crippen LogP contribution is 2.36. The van der Waals surface area contributed by atoms with Crippen molar-refractivity contribution in [1.29, 1.82) is 0 Å². The number of aromatic nitrogens is 1. The number of carbonyl (C=O) groups is 4. The van der Waals surface area contributed by atoms with Crippen LogP contribution in [-0.4, -0.2) is 52.3 Å². The van der Waals surface area contributed by atoms with E-state index in [0.29, 0.717) is 4.57 Å². The van der Waals surface area contributed by atoms with Crippen LogP contribution in [0, 0.1) is 6.92 Å². The quantitative estimate of drug-likeness (QED) is 0.180. The van der Waals surface area contributed by atoms with Gasteiger partial charge in [0.05, 0.1) is 23.6 Å². The van der Waals surface area contributed by atoms with Gasteiger partial charge < -0.3 is 19.1 Å². The molecule has 1 aromatic rings. The molecule has 0 bridgehead atoms. The van der Waals surface area contributed by atoms with Crippen molar-refractivity contribution in [2.75, 3.05) is 6.61 Å². The first-order chi connectivity index (χ1) is 14.0. The lowest BCUT2D eigenvalue weighted by atomic mass is 10.0. The normalized spacial score (nSPS) is 12.8. The Morgan fingerprint density at radius 2 is 1.52 bits per heavy atom. The number of Topliss-reactive ketones (excluding diaryl/α,β-unsaturated/α-hetero) is 1. The Bertz CT molecular complexity index is 969. The van der Waals surface area contributed by atoms with Crippen LogP contribution in [0.2, 0.25) is 0 Å². The summed E-state index contributed by atoms with van der Waals surface area (Å²) in [6.45, 7) is 2.60. The molecule has 1 rings (SSSR count). The van der Waals surface area contributed by atoms with E-state index in [9.17, 15) is 50.6 Å². The molecule has 0 aliphatic rings. The van der Waals surface area contributed by atoms with E-state index in [0.717, 1.165) is 20.9 Å². The van der Waals surface area contributed by atoms with Crippen molar-refractivity contribution in [3.8, 4) is 0 Å². The average Bonchev–Trinajstić information content (AvgIpc) is 2.84. The van der Waals surface area contributed by atoms with Crippen molar-refractivity contribution in [3.63, 3.8) is 0 Å². The zero-order valence-corrected chi connectivity index (χ0v) is 16.3. The van der Waals surface area contributed by atoms with Crippen molar-refractivity contribution in [2.24, 2.45) is 7.05 Å². The largest absolute Gasteiger partial charge is 0.504 e. The summed E-state index contributed by atoms with van der Waals surface area (Å²) < 4.78 is 85.6. The van der Waals surface area contributed by atoms with Crippen molar-refractivity contribution >= 4 is 29.3 Å². The predicted octanol–water partition coefficient (Wildman–Crippen LogP) is 3.18. The second kappa shape index (κ2) is 8.81. The summed E-state index contributed by atoms with van der Waals surface area (Å²) in [5, 5.41) is 9.63. The number of ketones is 1. The Kier molecular flexibility index (Phi) is 7.31. The van der Waals surface area contributed by atoms with Crippen LogP contribution in [-0.2, 0) is 26.1 Å². The average molecular weight is 459 g/mol. The summed E-state index contributed by atoms with van der Waals surface area (Å²) in [4.78, 5) is 47.4. The van der Waals surface area contributed by atoms with E-state index in [2.05, 4.69) is 9.47 Å². The summed E-state index contributed by atoms with van der Waals surface area (Å²) in [7, 11) is 0.907. The Morgan fingerprint density at radius 1 is 1.00 bits per heavy atom. The fraction of sp³-hybridized carbons (Fsp3) is 0.412. The minimum absolute atomic E-state index is 0.483. The lowest BCUT2D eigenvalue weighted by molar-refractivity contribution is -0.193. The summed E-state index contributed by atoms with van der Waals surface area (Å²) in [6, 6.07) is 0. The van der Waals surface area contributed by atoms with Gasteiger partial charge in [-0.1, -0.05) is 0 Å². The number of aliphatic hydroxyl groups is 1. The molecule has 0 spiro atoms. The van der Waals surface area contributed by atoms with Gasteiger partial charge in [-0.25, -0.2) is 14.4 Å². The fourth-order valence-corrected chi connectivity index (χ4v) is 2.71. The van der Waals surface area contributed by atoms with Crippen LogP contribution in [0.3, 0.4) is 0 Å². The zero-order valence-electron chi connectivity index (χ0n) is 16.3. The first-order valence-electron chi connectivity index (χ1n) is 8.18. The molecule has 1 aromatic heterocycles. The van der Waals surface area contributed by atoms with E-state index >= 15 is 0 Å². The maximum atomic E-state index is 13.2. The molecule has 0 saturated heterocycles. The van der Waals surface area contributed by atoms with Crippen LogP contribution in [0.4, 0.5) is 26.3 Å². The molecular formula is C17H15F6NO7. The molecule has 0 unspecified atom stereocenters. The second-order valence-electron chi connectivity index (χ2n) is 5.93. The standard InChI is InChI=1S/C17H15F6NO7/c1-5-30-13(27)9(12(26)16(18,19)20)11-8(6(2)10(7(3)25)24(11)4)14(28)31-15(29)17(21,22)23/h26H,5H2,1-4H3/b12-9+. The first-order valence-corrected chi connectivity index (χ1v) is 8.18. The van der Waals surface area contributed by atoms with E-state index in [1.807, 2.05) is 0 Å². The maximum absolute atomic E-state index is 13.2. The molecule has 0 radical (unpaired) electrons. The number of ether oxygens (including phenoxy) is 2. The van der Waals surface area contributed by atoms with Crippen LogP contribution in [0.25, 0.3) is 5.57 Å². The number of hydrogen-bond acceptors (Lipinski definition) is 7. The second-order valence-corrected chi connectivity index (χ2v) is 5.93. The molecule has 0 saturated carbocycles. The summed E-state index contributed by atoms with van der Waals surface area (Å²) in [5.74, 6) is -10.3. The fourth-order valence-electron chi connectivity index (χ4n) is 2.71. The number of halogens is 6.